The van der Waals surface area contributed by atoms with Crippen LogP contribution in [-0.4, -0.2) is 21.3 Å². The van der Waals surface area contributed by atoms with Crippen molar-refractivity contribution in [3.05, 3.63) is 12.2 Å². The second-order valence-corrected chi connectivity index (χ2v) is 6.01. The second kappa shape index (κ2) is 5.83. The molecule has 4 heteroatoms. The van der Waals surface area contributed by atoms with Crippen molar-refractivity contribution in [2.24, 2.45) is 11.1 Å². The molecule has 18 heavy (non-hydrogen) atoms. The maximum Gasteiger partial charge on any atom is 0.138 e. The lowest BCUT2D eigenvalue weighted by molar-refractivity contribution is 0.241. The summed E-state index contributed by atoms with van der Waals surface area (Å²) in [6, 6.07) is 0.378. The van der Waals surface area contributed by atoms with Crippen molar-refractivity contribution in [3.8, 4) is 0 Å². The predicted molar refractivity (Wildman–Crippen MR) is 73.3 cm³/mol. The minimum atomic E-state index is 0.260. The highest BCUT2D eigenvalue weighted by Gasteiger charge is 2.31. The Balaban J connectivity index is 2.15. The molecular formula is C14H26N4. The number of hydrogen-bond donors (Lipinski definition) is 1. The molecule has 2 N–H and O–H groups in total. The van der Waals surface area contributed by atoms with E-state index in [4.69, 9.17) is 5.73 Å². The third kappa shape index (κ3) is 2.91. The molecule has 0 amide bonds. The van der Waals surface area contributed by atoms with Crippen LogP contribution in [0.5, 0.6) is 0 Å². The molecule has 1 saturated carbocycles. The van der Waals surface area contributed by atoms with Gasteiger partial charge in [-0.1, -0.05) is 25.7 Å². The smallest absolute Gasteiger partial charge is 0.138 e. The quantitative estimate of drug-likeness (QED) is 0.836. The Hall–Kier alpha value is -0.900. The molecule has 4 nitrogen and oxygen atoms in total. The van der Waals surface area contributed by atoms with E-state index in [9.17, 15) is 0 Å². The molecule has 1 aromatic rings. The average molecular weight is 250 g/mol. The number of aromatic nitrogens is 3. The lowest BCUT2D eigenvalue weighted by Crippen LogP contribution is -2.33. The minimum absolute atomic E-state index is 0.260. The highest BCUT2D eigenvalue weighted by molar-refractivity contribution is 4.96. The first-order valence-electron chi connectivity index (χ1n) is 7.25. The van der Waals surface area contributed by atoms with Crippen molar-refractivity contribution in [2.75, 3.05) is 6.54 Å². The van der Waals surface area contributed by atoms with Gasteiger partial charge < -0.3 is 5.73 Å². The third-order valence-electron chi connectivity index (χ3n) is 4.27. The Kier molecular flexibility index (Phi) is 4.38. The van der Waals surface area contributed by atoms with Gasteiger partial charge in [-0.25, -0.2) is 9.67 Å². The SMILES string of the molecule is CC(C)n1ncnc1CC1(CN)CCCCCC1. The van der Waals surface area contributed by atoms with Crippen LogP contribution in [-0.2, 0) is 6.42 Å². The molecule has 0 bridgehead atoms. The van der Waals surface area contributed by atoms with Gasteiger partial charge in [0.1, 0.15) is 12.2 Å². The maximum absolute atomic E-state index is 6.09. The summed E-state index contributed by atoms with van der Waals surface area (Å²) >= 11 is 0. The summed E-state index contributed by atoms with van der Waals surface area (Å²) in [5.74, 6) is 1.11. The van der Waals surface area contributed by atoms with Crippen LogP contribution in [0.15, 0.2) is 6.33 Å². The lowest BCUT2D eigenvalue weighted by atomic mass is 9.77. The molecule has 1 aliphatic rings. The number of rotatable bonds is 4. The van der Waals surface area contributed by atoms with Gasteiger partial charge in [0.25, 0.3) is 0 Å². The fraction of sp³-hybridized carbons (Fsp3) is 0.857. The summed E-state index contributed by atoms with van der Waals surface area (Å²) in [5.41, 5.74) is 6.35. The highest BCUT2D eigenvalue weighted by atomic mass is 15.3. The van der Waals surface area contributed by atoms with Crippen LogP contribution >= 0.6 is 0 Å². The summed E-state index contributed by atoms with van der Waals surface area (Å²) in [5, 5.41) is 4.33. The van der Waals surface area contributed by atoms with Gasteiger partial charge in [0.15, 0.2) is 0 Å². The molecule has 0 saturated heterocycles. The average Bonchev–Trinajstić information content (AvgIpc) is 2.68. The Morgan fingerprint density at radius 3 is 2.50 bits per heavy atom. The van der Waals surface area contributed by atoms with Crippen molar-refractivity contribution in [2.45, 2.75) is 64.8 Å². The first-order chi connectivity index (χ1) is 8.67. The lowest BCUT2D eigenvalue weighted by Gasteiger charge is -2.31. The molecule has 0 unspecified atom stereocenters. The standard InChI is InChI=1S/C14H26N4/c1-12(2)18-13(16-11-17-18)9-14(10-15)7-5-3-4-6-8-14/h11-12H,3-10,15H2,1-2H3. The van der Waals surface area contributed by atoms with E-state index in [1.807, 2.05) is 4.68 Å². The Morgan fingerprint density at radius 1 is 1.28 bits per heavy atom. The molecule has 0 aromatic carbocycles. The van der Waals surface area contributed by atoms with Crippen molar-refractivity contribution < 1.29 is 0 Å². The van der Waals surface area contributed by atoms with Gasteiger partial charge in [0.05, 0.1) is 0 Å². The van der Waals surface area contributed by atoms with Crippen molar-refractivity contribution in [3.63, 3.8) is 0 Å². The molecule has 0 spiro atoms. The van der Waals surface area contributed by atoms with Crippen molar-refractivity contribution in [1.82, 2.24) is 14.8 Å². The van der Waals surface area contributed by atoms with E-state index in [2.05, 4.69) is 23.9 Å². The van der Waals surface area contributed by atoms with Crippen LogP contribution < -0.4 is 5.73 Å². The Labute approximate surface area is 110 Å². The fourth-order valence-electron chi connectivity index (χ4n) is 3.10. The third-order valence-corrected chi connectivity index (χ3v) is 4.27. The summed E-state index contributed by atoms with van der Waals surface area (Å²) in [7, 11) is 0. The van der Waals surface area contributed by atoms with E-state index >= 15 is 0 Å². The molecule has 1 aromatic heterocycles. The zero-order chi connectivity index (χ0) is 13.0. The van der Waals surface area contributed by atoms with Crippen LogP contribution in [0.25, 0.3) is 0 Å². The highest BCUT2D eigenvalue weighted by Crippen LogP contribution is 2.37. The monoisotopic (exact) mass is 250 g/mol. The number of nitrogens with two attached hydrogens (primary N) is 1. The number of hydrogen-bond acceptors (Lipinski definition) is 3. The van der Waals surface area contributed by atoms with Gasteiger partial charge in [-0.3, -0.25) is 0 Å². The normalized spacial score (nSPS) is 20.0. The van der Waals surface area contributed by atoms with Gasteiger partial charge in [-0.15, -0.1) is 0 Å². The van der Waals surface area contributed by atoms with Gasteiger partial charge in [0.2, 0.25) is 0 Å². The molecule has 1 fully saturated rings. The summed E-state index contributed by atoms with van der Waals surface area (Å²) in [4.78, 5) is 4.45. The minimum Gasteiger partial charge on any atom is -0.330 e. The fourth-order valence-corrected chi connectivity index (χ4v) is 3.10. The van der Waals surface area contributed by atoms with Gasteiger partial charge in [0, 0.05) is 12.5 Å². The van der Waals surface area contributed by atoms with Crippen LogP contribution in [0.1, 0.15) is 64.2 Å². The van der Waals surface area contributed by atoms with Gasteiger partial charge >= 0.3 is 0 Å². The predicted octanol–water partition coefficient (Wildman–Crippen LogP) is 2.70. The molecule has 1 heterocycles. The summed E-state index contributed by atoms with van der Waals surface area (Å²) < 4.78 is 2.04. The first-order valence-corrected chi connectivity index (χ1v) is 7.25. The molecule has 102 valence electrons. The number of nitrogens with zero attached hydrogens (tertiary/aromatic N) is 3. The Bertz CT molecular complexity index is 362. The molecule has 0 radical (unpaired) electrons. The molecule has 1 aliphatic carbocycles. The summed E-state index contributed by atoms with van der Waals surface area (Å²) in [6.45, 7) is 5.08. The first kappa shape index (κ1) is 13.5. The largest absolute Gasteiger partial charge is 0.330 e. The molecular weight excluding hydrogens is 224 g/mol. The van der Waals surface area contributed by atoms with Crippen LogP contribution in [0, 0.1) is 5.41 Å². The van der Waals surface area contributed by atoms with E-state index < -0.39 is 0 Å². The zero-order valence-electron chi connectivity index (χ0n) is 11.7. The van der Waals surface area contributed by atoms with E-state index in [0.717, 1.165) is 18.8 Å². The molecule has 0 aliphatic heterocycles. The Morgan fingerprint density at radius 2 is 1.94 bits per heavy atom. The van der Waals surface area contributed by atoms with Gasteiger partial charge in [-0.05, 0) is 38.6 Å². The molecule has 0 atom stereocenters. The molecule has 2 rings (SSSR count). The van der Waals surface area contributed by atoms with Crippen molar-refractivity contribution >= 4 is 0 Å². The van der Waals surface area contributed by atoms with E-state index in [1.165, 1.54) is 38.5 Å². The van der Waals surface area contributed by atoms with Crippen LogP contribution in [0.3, 0.4) is 0 Å². The van der Waals surface area contributed by atoms with Crippen LogP contribution in [0.2, 0.25) is 0 Å². The topological polar surface area (TPSA) is 56.7 Å². The second-order valence-electron chi connectivity index (χ2n) is 6.01. The maximum atomic E-state index is 6.09. The van der Waals surface area contributed by atoms with E-state index in [1.54, 1.807) is 6.33 Å². The van der Waals surface area contributed by atoms with Crippen molar-refractivity contribution in [1.29, 1.82) is 0 Å². The van der Waals surface area contributed by atoms with E-state index in [-0.39, 0.29) is 5.41 Å². The zero-order valence-corrected chi connectivity index (χ0v) is 11.7. The summed E-state index contributed by atoms with van der Waals surface area (Å²) in [6.07, 6.45) is 10.5. The van der Waals surface area contributed by atoms with E-state index in [0.29, 0.717) is 6.04 Å². The van der Waals surface area contributed by atoms with Gasteiger partial charge in [-0.2, -0.15) is 5.10 Å². The van der Waals surface area contributed by atoms with Crippen LogP contribution in [0.4, 0.5) is 0 Å².